The molecule has 1 aromatic rings. The summed E-state index contributed by atoms with van der Waals surface area (Å²) in [5.74, 6) is -1.13. The average molecular weight is 271 g/mol. The van der Waals surface area contributed by atoms with Crippen LogP contribution in [0.4, 0.5) is 4.39 Å². The highest BCUT2D eigenvalue weighted by atomic mass is 19.1. The van der Waals surface area contributed by atoms with E-state index in [1.54, 1.807) is 6.92 Å². The number of esters is 1. The first-order valence-corrected chi connectivity index (χ1v) is 6.22. The van der Waals surface area contributed by atoms with Gasteiger partial charge in [0.1, 0.15) is 18.5 Å². The lowest BCUT2D eigenvalue weighted by Crippen LogP contribution is -2.30. The number of ether oxygens (including phenoxy) is 2. The Labute approximate surface area is 110 Å². The van der Waals surface area contributed by atoms with Gasteiger partial charge in [0, 0.05) is 18.9 Å². The van der Waals surface area contributed by atoms with Gasteiger partial charge in [-0.3, -0.25) is 9.36 Å². The second-order valence-corrected chi connectivity index (χ2v) is 3.88. The van der Waals surface area contributed by atoms with Crippen molar-refractivity contribution < 1.29 is 18.7 Å². The van der Waals surface area contributed by atoms with Gasteiger partial charge in [0.05, 0.1) is 6.61 Å². The molecule has 19 heavy (non-hydrogen) atoms. The number of hydrogen-bond donors (Lipinski definition) is 0. The van der Waals surface area contributed by atoms with Crippen molar-refractivity contribution >= 4 is 5.97 Å². The van der Waals surface area contributed by atoms with Crippen molar-refractivity contribution in [3.05, 3.63) is 34.5 Å². The highest BCUT2D eigenvalue weighted by molar-refractivity contribution is 5.74. The zero-order chi connectivity index (χ0) is 14.3. The van der Waals surface area contributed by atoms with Gasteiger partial charge >= 0.3 is 5.97 Å². The Morgan fingerprint density at radius 2 is 2.11 bits per heavy atom. The van der Waals surface area contributed by atoms with E-state index in [9.17, 15) is 14.0 Å². The first-order chi connectivity index (χ1) is 9.10. The van der Waals surface area contributed by atoms with Crippen molar-refractivity contribution in [1.29, 1.82) is 0 Å². The zero-order valence-electron chi connectivity index (χ0n) is 11.1. The predicted molar refractivity (Wildman–Crippen MR) is 67.4 cm³/mol. The number of rotatable bonds is 7. The maximum Gasteiger partial charge on any atom is 0.329 e. The molecule has 0 amide bonds. The summed E-state index contributed by atoms with van der Waals surface area (Å²) in [4.78, 5) is 23.5. The molecule has 1 heterocycles. The highest BCUT2D eigenvalue weighted by Crippen LogP contribution is 2.11. The summed E-state index contributed by atoms with van der Waals surface area (Å²) in [6.07, 6.45) is 1.36. The molecule has 0 aliphatic heterocycles. The van der Waals surface area contributed by atoms with Gasteiger partial charge in [-0.05, 0) is 19.4 Å². The molecule has 0 bridgehead atoms. The topological polar surface area (TPSA) is 57.5 Å². The van der Waals surface area contributed by atoms with E-state index in [1.807, 2.05) is 6.92 Å². The van der Waals surface area contributed by atoms with Crippen molar-refractivity contribution in [3.63, 3.8) is 0 Å². The highest BCUT2D eigenvalue weighted by Gasteiger charge is 2.21. The lowest BCUT2D eigenvalue weighted by Gasteiger charge is -2.16. The van der Waals surface area contributed by atoms with E-state index in [1.165, 1.54) is 0 Å². The smallest absolute Gasteiger partial charge is 0.329 e. The van der Waals surface area contributed by atoms with Crippen LogP contribution in [0.5, 0.6) is 0 Å². The van der Waals surface area contributed by atoms with Gasteiger partial charge in [0.25, 0.3) is 5.56 Å². The number of aromatic nitrogens is 1. The first kappa shape index (κ1) is 15.4. The normalized spacial score (nSPS) is 12.2. The summed E-state index contributed by atoms with van der Waals surface area (Å²) in [6.45, 7) is 4.52. The Balaban J connectivity index is 2.74. The molecule has 1 unspecified atom stereocenters. The Morgan fingerprint density at radius 1 is 1.37 bits per heavy atom. The van der Waals surface area contributed by atoms with Gasteiger partial charge in [0.2, 0.25) is 0 Å². The fraction of sp³-hybridized carbons (Fsp3) is 0.538. The van der Waals surface area contributed by atoms with Crippen LogP contribution in [0.15, 0.2) is 23.1 Å². The van der Waals surface area contributed by atoms with Gasteiger partial charge in [-0.15, -0.1) is 0 Å². The van der Waals surface area contributed by atoms with Crippen LogP contribution >= 0.6 is 0 Å². The van der Waals surface area contributed by atoms with Crippen LogP contribution in [-0.2, 0) is 14.3 Å². The van der Waals surface area contributed by atoms with Crippen LogP contribution in [0, 0.1) is 5.82 Å². The summed E-state index contributed by atoms with van der Waals surface area (Å²) in [7, 11) is 0. The number of carbonyl (C=O) groups is 1. The molecule has 1 aromatic heterocycles. The Morgan fingerprint density at radius 3 is 2.74 bits per heavy atom. The molecule has 0 fully saturated rings. The summed E-state index contributed by atoms with van der Waals surface area (Å²) in [6, 6.07) is 1.34. The van der Waals surface area contributed by atoms with Crippen LogP contribution in [0.2, 0.25) is 0 Å². The van der Waals surface area contributed by atoms with Crippen LogP contribution in [-0.4, -0.2) is 30.4 Å². The predicted octanol–water partition coefficient (Wildman–Crippen LogP) is 1.52. The fourth-order valence-electron chi connectivity index (χ4n) is 1.64. The Kier molecular flexibility index (Phi) is 6.21. The summed E-state index contributed by atoms with van der Waals surface area (Å²) >= 11 is 0. The molecule has 106 valence electrons. The molecule has 0 N–H and O–H groups in total. The van der Waals surface area contributed by atoms with Crippen molar-refractivity contribution in [3.8, 4) is 0 Å². The Bertz CT molecular complexity index is 472. The van der Waals surface area contributed by atoms with Crippen molar-refractivity contribution in [2.24, 2.45) is 0 Å². The molecule has 0 aliphatic carbocycles. The molecule has 0 saturated carbocycles. The van der Waals surface area contributed by atoms with E-state index in [2.05, 4.69) is 0 Å². The molecular formula is C13H18FNO4. The number of pyridine rings is 1. The molecular weight excluding hydrogens is 253 g/mol. The SMILES string of the molecule is CCOCCOC(=O)C(CC)n1cc(F)ccc1=O. The van der Waals surface area contributed by atoms with Gasteiger partial charge < -0.3 is 9.47 Å². The van der Waals surface area contributed by atoms with Crippen molar-refractivity contribution in [1.82, 2.24) is 4.57 Å². The number of halogens is 1. The van der Waals surface area contributed by atoms with Gasteiger partial charge in [0.15, 0.2) is 0 Å². The van der Waals surface area contributed by atoms with E-state index in [4.69, 9.17) is 9.47 Å². The largest absolute Gasteiger partial charge is 0.462 e. The third kappa shape index (κ3) is 4.48. The summed E-state index contributed by atoms with van der Waals surface area (Å²) in [5, 5.41) is 0. The van der Waals surface area contributed by atoms with Gasteiger partial charge in [-0.25, -0.2) is 9.18 Å². The third-order valence-corrected chi connectivity index (χ3v) is 2.57. The van der Waals surface area contributed by atoms with Crippen LogP contribution < -0.4 is 5.56 Å². The number of nitrogens with zero attached hydrogens (tertiary/aromatic N) is 1. The standard InChI is InChI=1S/C13H18FNO4/c1-3-11(13(17)19-8-7-18-4-2)15-9-10(14)5-6-12(15)16/h5-6,9,11H,3-4,7-8H2,1-2H3. The lowest BCUT2D eigenvalue weighted by molar-refractivity contribution is -0.149. The van der Waals surface area contributed by atoms with Gasteiger partial charge in [-0.2, -0.15) is 0 Å². The van der Waals surface area contributed by atoms with Crippen LogP contribution in [0.1, 0.15) is 26.3 Å². The molecule has 0 aliphatic rings. The van der Waals surface area contributed by atoms with E-state index >= 15 is 0 Å². The summed E-state index contributed by atoms with van der Waals surface area (Å²) < 4.78 is 24.2. The minimum absolute atomic E-state index is 0.118. The quantitative estimate of drug-likeness (QED) is 0.557. The monoisotopic (exact) mass is 271 g/mol. The number of carbonyl (C=O) groups excluding carboxylic acids is 1. The van der Waals surface area contributed by atoms with Crippen molar-refractivity contribution in [2.45, 2.75) is 26.3 Å². The second kappa shape index (κ2) is 7.68. The average Bonchev–Trinajstić information content (AvgIpc) is 2.39. The molecule has 1 rings (SSSR count). The van der Waals surface area contributed by atoms with Crippen LogP contribution in [0.3, 0.4) is 0 Å². The van der Waals surface area contributed by atoms with E-state index in [0.29, 0.717) is 19.6 Å². The molecule has 1 atom stereocenters. The van der Waals surface area contributed by atoms with Crippen molar-refractivity contribution in [2.75, 3.05) is 19.8 Å². The second-order valence-electron chi connectivity index (χ2n) is 3.88. The summed E-state index contributed by atoms with van der Waals surface area (Å²) in [5.41, 5.74) is -0.435. The lowest BCUT2D eigenvalue weighted by atomic mass is 10.2. The minimum Gasteiger partial charge on any atom is -0.462 e. The zero-order valence-corrected chi connectivity index (χ0v) is 11.1. The maximum atomic E-state index is 13.1. The number of hydrogen-bond acceptors (Lipinski definition) is 4. The maximum absolute atomic E-state index is 13.1. The molecule has 0 saturated heterocycles. The van der Waals surface area contributed by atoms with E-state index in [0.717, 1.165) is 22.9 Å². The molecule has 0 spiro atoms. The first-order valence-electron chi connectivity index (χ1n) is 6.22. The fourth-order valence-corrected chi connectivity index (χ4v) is 1.64. The minimum atomic E-state index is -0.815. The third-order valence-electron chi connectivity index (χ3n) is 2.57. The molecule has 6 heteroatoms. The molecule has 0 radical (unpaired) electrons. The molecule has 0 aromatic carbocycles. The van der Waals surface area contributed by atoms with E-state index in [-0.39, 0.29) is 6.61 Å². The van der Waals surface area contributed by atoms with Gasteiger partial charge in [-0.1, -0.05) is 6.92 Å². The molecule has 5 nitrogen and oxygen atoms in total. The van der Waals surface area contributed by atoms with E-state index < -0.39 is 23.4 Å². The van der Waals surface area contributed by atoms with Crippen LogP contribution in [0.25, 0.3) is 0 Å². The Hall–Kier alpha value is -1.69.